The second kappa shape index (κ2) is 14.5. The molecule has 3 rings (SSSR count). The standard InChI is InChI=1S/C29H33BrClN3O5S/c1-4-27(29(36)32-5-2)33(19-21-7-11-23(31)12-8-21)28(35)20-34(24-13-15-25(16-14-24)39-6-3)40(37,38)26-17-9-22(30)10-18-26/h7-18,27H,4-6,19-20H2,1-3H3,(H,32,36). The second-order valence-corrected chi connectivity index (χ2v) is 12.1. The fraction of sp³-hybridized carbons (Fsp3) is 0.310. The monoisotopic (exact) mass is 649 g/mol. The molecule has 40 heavy (non-hydrogen) atoms. The Morgan fingerprint density at radius 1 is 0.950 bits per heavy atom. The van der Waals surface area contributed by atoms with Gasteiger partial charge in [-0.25, -0.2) is 8.42 Å². The number of carbonyl (C=O) groups is 2. The van der Waals surface area contributed by atoms with Crippen LogP contribution in [0.15, 0.2) is 82.2 Å². The van der Waals surface area contributed by atoms with Gasteiger partial charge < -0.3 is 15.0 Å². The van der Waals surface area contributed by atoms with Gasteiger partial charge in [0, 0.05) is 22.6 Å². The summed E-state index contributed by atoms with van der Waals surface area (Å²) in [6.45, 7) is 5.90. The van der Waals surface area contributed by atoms with Crippen LogP contribution in [0.4, 0.5) is 5.69 Å². The van der Waals surface area contributed by atoms with Gasteiger partial charge in [-0.1, -0.05) is 46.6 Å². The first kappa shape index (κ1) is 31.4. The van der Waals surface area contributed by atoms with Crippen molar-refractivity contribution in [2.24, 2.45) is 0 Å². The van der Waals surface area contributed by atoms with E-state index >= 15 is 0 Å². The van der Waals surface area contributed by atoms with Crippen LogP contribution in [0.2, 0.25) is 5.02 Å². The second-order valence-electron chi connectivity index (χ2n) is 8.86. The molecule has 0 bridgehead atoms. The van der Waals surface area contributed by atoms with Crippen LogP contribution in [0, 0.1) is 0 Å². The smallest absolute Gasteiger partial charge is 0.264 e. The number of hydrogen-bond acceptors (Lipinski definition) is 5. The maximum atomic E-state index is 14.0. The normalized spacial score (nSPS) is 11.9. The van der Waals surface area contributed by atoms with Crippen LogP contribution < -0.4 is 14.4 Å². The lowest BCUT2D eigenvalue weighted by Gasteiger charge is -2.33. The Hall–Kier alpha value is -3.08. The predicted octanol–water partition coefficient (Wildman–Crippen LogP) is 5.64. The molecular weight excluding hydrogens is 618 g/mol. The zero-order chi connectivity index (χ0) is 29.3. The molecule has 0 aliphatic carbocycles. The Morgan fingerprint density at radius 3 is 2.12 bits per heavy atom. The minimum absolute atomic E-state index is 0.0254. The molecule has 0 radical (unpaired) electrons. The van der Waals surface area contributed by atoms with E-state index in [4.69, 9.17) is 16.3 Å². The summed E-state index contributed by atoms with van der Waals surface area (Å²) in [5.41, 5.74) is 1.04. The van der Waals surface area contributed by atoms with Gasteiger partial charge in [0.2, 0.25) is 11.8 Å². The van der Waals surface area contributed by atoms with Gasteiger partial charge in [-0.05, 0) is 86.5 Å². The van der Waals surface area contributed by atoms with Crippen LogP contribution >= 0.6 is 27.5 Å². The average Bonchev–Trinajstić information content (AvgIpc) is 2.93. The highest BCUT2D eigenvalue weighted by Gasteiger charge is 2.33. The number of amides is 2. The Balaban J connectivity index is 2.05. The molecule has 0 aliphatic rings. The molecule has 0 fully saturated rings. The maximum Gasteiger partial charge on any atom is 0.264 e. The molecule has 3 aromatic rings. The van der Waals surface area contributed by atoms with Gasteiger partial charge in [0.05, 0.1) is 17.2 Å². The summed E-state index contributed by atoms with van der Waals surface area (Å²) in [4.78, 5) is 28.4. The van der Waals surface area contributed by atoms with E-state index in [-0.39, 0.29) is 23.0 Å². The van der Waals surface area contributed by atoms with Gasteiger partial charge in [0.1, 0.15) is 18.3 Å². The summed E-state index contributed by atoms with van der Waals surface area (Å²) < 4.78 is 35.1. The number of nitrogens with one attached hydrogen (secondary N) is 1. The van der Waals surface area contributed by atoms with E-state index in [2.05, 4.69) is 21.2 Å². The lowest BCUT2D eigenvalue weighted by atomic mass is 10.1. The fourth-order valence-electron chi connectivity index (χ4n) is 4.14. The van der Waals surface area contributed by atoms with Crippen LogP contribution in [-0.2, 0) is 26.2 Å². The Kier molecular flexibility index (Phi) is 11.4. The Bertz CT molecular complexity index is 1380. The molecule has 8 nitrogen and oxygen atoms in total. The number of hydrogen-bond donors (Lipinski definition) is 1. The number of likely N-dealkylation sites (N-methyl/N-ethyl adjacent to an activating group) is 1. The molecule has 1 unspecified atom stereocenters. The lowest BCUT2D eigenvalue weighted by Crippen LogP contribution is -2.52. The number of rotatable bonds is 13. The summed E-state index contributed by atoms with van der Waals surface area (Å²) in [6.07, 6.45) is 0.341. The van der Waals surface area contributed by atoms with Crippen LogP contribution in [0.5, 0.6) is 5.75 Å². The SMILES string of the molecule is CCNC(=O)C(CC)N(Cc1ccc(Cl)cc1)C(=O)CN(c1ccc(OCC)cc1)S(=O)(=O)c1ccc(Br)cc1. The van der Waals surface area contributed by atoms with Crippen LogP contribution in [0.25, 0.3) is 0 Å². The van der Waals surface area contributed by atoms with Crippen LogP contribution in [0.3, 0.4) is 0 Å². The van der Waals surface area contributed by atoms with E-state index < -0.39 is 28.5 Å². The molecule has 0 aromatic heterocycles. The molecular formula is C29H33BrClN3O5S. The highest BCUT2D eigenvalue weighted by Crippen LogP contribution is 2.27. The first-order chi connectivity index (χ1) is 19.1. The average molecular weight is 651 g/mol. The van der Waals surface area contributed by atoms with E-state index in [1.54, 1.807) is 67.6 Å². The van der Waals surface area contributed by atoms with Crippen molar-refractivity contribution in [3.63, 3.8) is 0 Å². The van der Waals surface area contributed by atoms with Gasteiger partial charge in [-0.15, -0.1) is 0 Å². The van der Waals surface area contributed by atoms with E-state index in [0.717, 1.165) is 14.3 Å². The minimum Gasteiger partial charge on any atom is -0.494 e. The lowest BCUT2D eigenvalue weighted by molar-refractivity contribution is -0.140. The molecule has 0 saturated carbocycles. The summed E-state index contributed by atoms with van der Waals surface area (Å²) in [5, 5.41) is 3.33. The third-order valence-corrected chi connectivity index (χ3v) is 8.69. The first-order valence-electron chi connectivity index (χ1n) is 12.9. The van der Waals surface area contributed by atoms with Gasteiger partial charge >= 0.3 is 0 Å². The van der Waals surface area contributed by atoms with E-state index in [1.165, 1.54) is 17.0 Å². The topological polar surface area (TPSA) is 96.0 Å². The number of halogens is 2. The fourth-order valence-corrected chi connectivity index (χ4v) is 5.94. The van der Waals surface area contributed by atoms with Gasteiger partial charge in [0.25, 0.3) is 10.0 Å². The van der Waals surface area contributed by atoms with Crippen molar-refractivity contribution in [1.82, 2.24) is 10.2 Å². The van der Waals surface area contributed by atoms with Gasteiger partial charge in [-0.3, -0.25) is 13.9 Å². The van der Waals surface area contributed by atoms with E-state index in [9.17, 15) is 18.0 Å². The van der Waals surface area contributed by atoms with Crippen molar-refractivity contribution < 1.29 is 22.7 Å². The van der Waals surface area contributed by atoms with Crippen LogP contribution in [0.1, 0.15) is 32.8 Å². The number of carbonyl (C=O) groups excluding carboxylic acids is 2. The van der Waals surface area contributed by atoms with Gasteiger partial charge in [0.15, 0.2) is 0 Å². The molecule has 0 spiro atoms. The van der Waals surface area contributed by atoms with Crippen molar-refractivity contribution in [2.45, 2.75) is 44.7 Å². The largest absolute Gasteiger partial charge is 0.494 e. The zero-order valence-corrected chi connectivity index (χ0v) is 25.8. The molecule has 11 heteroatoms. The number of sulfonamides is 1. The third-order valence-electron chi connectivity index (χ3n) is 6.12. The quantitative estimate of drug-likeness (QED) is 0.258. The summed E-state index contributed by atoms with van der Waals surface area (Å²) in [5.74, 6) is -0.261. The van der Waals surface area contributed by atoms with E-state index in [0.29, 0.717) is 30.3 Å². The Morgan fingerprint density at radius 2 is 1.57 bits per heavy atom. The number of ether oxygens (including phenoxy) is 1. The molecule has 3 aromatic carbocycles. The molecule has 1 N–H and O–H groups in total. The zero-order valence-electron chi connectivity index (χ0n) is 22.6. The summed E-state index contributed by atoms with van der Waals surface area (Å²) in [7, 11) is -4.16. The van der Waals surface area contributed by atoms with Crippen molar-refractivity contribution in [3.8, 4) is 5.75 Å². The molecule has 0 saturated heterocycles. The van der Waals surface area contributed by atoms with Crippen molar-refractivity contribution in [1.29, 1.82) is 0 Å². The summed E-state index contributed by atoms with van der Waals surface area (Å²) in [6, 6.07) is 18.9. The minimum atomic E-state index is -4.16. The number of nitrogens with zero attached hydrogens (tertiary/aromatic N) is 2. The third kappa shape index (κ3) is 7.99. The number of anilines is 1. The predicted molar refractivity (Wildman–Crippen MR) is 161 cm³/mol. The van der Waals surface area contributed by atoms with Crippen molar-refractivity contribution in [3.05, 3.63) is 87.9 Å². The Labute approximate surface area is 249 Å². The van der Waals surface area contributed by atoms with Crippen molar-refractivity contribution in [2.75, 3.05) is 24.0 Å². The van der Waals surface area contributed by atoms with Gasteiger partial charge in [-0.2, -0.15) is 0 Å². The molecule has 1 atom stereocenters. The van der Waals surface area contributed by atoms with E-state index in [1.807, 2.05) is 13.8 Å². The molecule has 214 valence electrons. The van der Waals surface area contributed by atoms with Crippen molar-refractivity contribution >= 4 is 55.1 Å². The highest BCUT2D eigenvalue weighted by molar-refractivity contribution is 9.10. The summed E-state index contributed by atoms with van der Waals surface area (Å²) >= 11 is 9.38. The van der Waals surface area contributed by atoms with Crippen LogP contribution in [-0.4, -0.2) is 50.9 Å². The molecule has 2 amide bonds. The first-order valence-corrected chi connectivity index (χ1v) is 15.5. The molecule has 0 aliphatic heterocycles. The molecule has 0 heterocycles. The number of benzene rings is 3. The highest BCUT2D eigenvalue weighted by atomic mass is 79.9. The maximum absolute atomic E-state index is 14.0.